The Morgan fingerprint density at radius 2 is 2.54 bits per heavy atom. The molecule has 0 aliphatic rings. The molecule has 0 radical (unpaired) electrons. The predicted molar refractivity (Wildman–Crippen MR) is 38.6 cm³/mol. The molecule has 1 amide bonds. The lowest BCUT2D eigenvalue weighted by Gasteiger charge is -1.94. The Labute approximate surface area is 71.3 Å². The molecule has 0 spiro atoms. The van der Waals surface area contributed by atoms with Crippen LogP contribution in [0.25, 0.3) is 0 Å². The SMILES string of the molecule is O=C(Nc1ncn[nH]1)c1cnon1. The number of aromatic amines is 1. The van der Waals surface area contributed by atoms with Gasteiger partial charge < -0.3 is 0 Å². The van der Waals surface area contributed by atoms with Crippen LogP contribution < -0.4 is 5.32 Å². The van der Waals surface area contributed by atoms with Crippen LogP contribution in [-0.2, 0) is 0 Å². The zero-order valence-corrected chi connectivity index (χ0v) is 6.26. The summed E-state index contributed by atoms with van der Waals surface area (Å²) in [5.74, 6) is -0.217. The molecule has 0 atom stereocenters. The van der Waals surface area contributed by atoms with Crippen LogP contribution in [0.2, 0.25) is 0 Å². The number of anilines is 1. The molecule has 8 heteroatoms. The fraction of sp³-hybridized carbons (Fsp3) is 0. The number of rotatable bonds is 2. The third kappa shape index (κ3) is 1.50. The van der Waals surface area contributed by atoms with Crippen molar-refractivity contribution >= 4 is 11.9 Å². The normalized spacial score (nSPS) is 9.85. The van der Waals surface area contributed by atoms with Gasteiger partial charge in [-0.2, -0.15) is 10.1 Å². The molecule has 0 aliphatic carbocycles. The summed E-state index contributed by atoms with van der Waals surface area (Å²) in [6.45, 7) is 0. The molecule has 0 unspecified atom stereocenters. The zero-order valence-electron chi connectivity index (χ0n) is 6.26. The minimum Gasteiger partial charge on any atom is -0.289 e. The molecule has 2 rings (SSSR count). The van der Waals surface area contributed by atoms with Crippen molar-refractivity contribution in [3.05, 3.63) is 18.2 Å². The lowest BCUT2D eigenvalue weighted by Crippen LogP contribution is -2.13. The molecule has 0 bridgehead atoms. The van der Waals surface area contributed by atoms with Gasteiger partial charge in [-0.1, -0.05) is 5.16 Å². The van der Waals surface area contributed by atoms with E-state index < -0.39 is 5.91 Å². The Kier molecular flexibility index (Phi) is 1.71. The molecule has 2 aromatic heterocycles. The first kappa shape index (κ1) is 7.40. The fourth-order valence-electron chi connectivity index (χ4n) is 0.702. The topological polar surface area (TPSA) is 110 Å². The Bertz CT molecular complexity index is 379. The Balaban J connectivity index is 2.08. The summed E-state index contributed by atoms with van der Waals surface area (Å²) in [5, 5.41) is 15.0. The minimum atomic E-state index is -0.460. The zero-order chi connectivity index (χ0) is 9.10. The largest absolute Gasteiger partial charge is 0.289 e. The summed E-state index contributed by atoms with van der Waals surface area (Å²) in [5.41, 5.74) is 0.0800. The van der Waals surface area contributed by atoms with Crippen LogP contribution in [0.1, 0.15) is 10.5 Å². The van der Waals surface area contributed by atoms with E-state index in [9.17, 15) is 4.79 Å². The van der Waals surface area contributed by atoms with Crippen LogP contribution in [0, 0.1) is 0 Å². The van der Waals surface area contributed by atoms with Crippen LogP contribution in [0.5, 0.6) is 0 Å². The predicted octanol–water partition coefficient (Wildman–Crippen LogP) is -0.560. The highest BCUT2D eigenvalue weighted by molar-refractivity contribution is 6.01. The van der Waals surface area contributed by atoms with Crippen LogP contribution in [0.15, 0.2) is 17.2 Å². The number of carbonyl (C=O) groups is 1. The highest BCUT2D eigenvalue weighted by atomic mass is 16.6. The van der Waals surface area contributed by atoms with E-state index in [1.54, 1.807) is 0 Å². The van der Waals surface area contributed by atoms with Gasteiger partial charge in [-0.15, -0.1) is 0 Å². The summed E-state index contributed by atoms with van der Waals surface area (Å²) in [4.78, 5) is 14.9. The van der Waals surface area contributed by atoms with Gasteiger partial charge in [-0.05, 0) is 5.16 Å². The molecular weight excluding hydrogens is 176 g/mol. The van der Waals surface area contributed by atoms with Crippen LogP contribution in [-0.4, -0.2) is 31.4 Å². The van der Waals surface area contributed by atoms with Crippen molar-refractivity contribution in [2.45, 2.75) is 0 Å². The second-order valence-corrected chi connectivity index (χ2v) is 2.08. The van der Waals surface area contributed by atoms with Gasteiger partial charge in [0.2, 0.25) is 5.95 Å². The Morgan fingerprint density at radius 1 is 1.62 bits per heavy atom. The average Bonchev–Trinajstić information content (AvgIpc) is 2.74. The number of hydrogen-bond donors (Lipinski definition) is 2. The molecule has 0 fully saturated rings. The molecule has 0 saturated carbocycles. The molecule has 13 heavy (non-hydrogen) atoms. The third-order valence-electron chi connectivity index (χ3n) is 1.24. The third-order valence-corrected chi connectivity index (χ3v) is 1.24. The molecule has 0 aromatic carbocycles. The maximum absolute atomic E-state index is 11.2. The van der Waals surface area contributed by atoms with Crippen molar-refractivity contribution in [2.75, 3.05) is 5.32 Å². The van der Waals surface area contributed by atoms with E-state index in [0.29, 0.717) is 0 Å². The Hall–Kier alpha value is -2.25. The van der Waals surface area contributed by atoms with Crippen molar-refractivity contribution < 1.29 is 9.42 Å². The molecule has 0 aliphatic heterocycles. The quantitative estimate of drug-likeness (QED) is 0.640. The lowest BCUT2D eigenvalue weighted by atomic mass is 10.4. The summed E-state index contributed by atoms with van der Waals surface area (Å²) < 4.78 is 4.25. The molecule has 0 saturated heterocycles. The van der Waals surface area contributed by atoms with Gasteiger partial charge in [0.15, 0.2) is 5.69 Å². The van der Waals surface area contributed by atoms with Gasteiger partial charge in [-0.25, -0.2) is 9.73 Å². The monoisotopic (exact) mass is 180 g/mol. The number of nitrogens with one attached hydrogen (secondary N) is 2. The van der Waals surface area contributed by atoms with Crippen molar-refractivity contribution in [3.8, 4) is 0 Å². The maximum Gasteiger partial charge on any atom is 0.281 e. The average molecular weight is 180 g/mol. The summed E-state index contributed by atoms with van der Waals surface area (Å²) in [6, 6.07) is 0. The van der Waals surface area contributed by atoms with Gasteiger partial charge in [0, 0.05) is 0 Å². The number of aromatic nitrogens is 5. The van der Waals surface area contributed by atoms with E-state index in [-0.39, 0.29) is 11.6 Å². The first-order chi connectivity index (χ1) is 6.36. The molecule has 2 aromatic rings. The van der Waals surface area contributed by atoms with Gasteiger partial charge in [0.05, 0.1) is 0 Å². The molecule has 8 nitrogen and oxygen atoms in total. The van der Waals surface area contributed by atoms with E-state index in [4.69, 9.17) is 0 Å². The van der Waals surface area contributed by atoms with Gasteiger partial charge >= 0.3 is 0 Å². The molecule has 2 heterocycles. The summed E-state index contributed by atoms with van der Waals surface area (Å²) in [6.07, 6.45) is 2.47. The highest BCUT2D eigenvalue weighted by Gasteiger charge is 2.10. The number of amides is 1. The molecule has 66 valence electrons. The van der Waals surface area contributed by atoms with Crippen LogP contribution in [0.3, 0.4) is 0 Å². The summed E-state index contributed by atoms with van der Waals surface area (Å²) >= 11 is 0. The smallest absolute Gasteiger partial charge is 0.281 e. The van der Waals surface area contributed by atoms with E-state index in [1.165, 1.54) is 12.5 Å². The maximum atomic E-state index is 11.2. The van der Waals surface area contributed by atoms with Crippen molar-refractivity contribution in [3.63, 3.8) is 0 Å². The van der Waals surface area contributed by atoms with Crippen LogP contribution >= 0.6 is 0 Å². The van der Waals surface area contributed by atoms with Crippen molar-refractivity contribution in [1.82, 2.24) is 25.5 Å². The molecule has 2 N–H and O–H groups in total. The van der Waals surface area contributed by atoms with Crippen molar-refractivity contribution in [2.24, 2.45) is 0 Å². The first-order valence-electron chi connectivity index (χ1n) is 3.30. The standard InChI is InChI=1S/C5H4N6O2/c12-4(3-1-8-13-11-3)9-5-6-2-7-10-5/h1-2H,(H2,6,7,9,10,12). The fourth-order valence-corrected chi connectivity index (χ4v) is 0.702. The summed E-state index contributed by atoms with van der Waals surface area (Å²) in [7, 11) is 0. The minimum absolute atomic E-state index is 0.0800. The van der Waals surface area contributed by atoms with E-state index in [1.807, 2.05) is 0 Å². The van der Waals surface area contributed by atoms with Gasteiger partial charge in [0.1, 0.15) is 12.5 Å². The number of hydrogen-bond acceptors (Lipinski definition) is 6. The lowest BCUT2D eigenvalue weighted by molar-refractivity contribution is 0.101. The van der Waals surface area contributed by atoms with Crippen LogP contribution in [0.4, 0.5) is 5.95 Å². The van der Waals surface area contributed by atoms with Gasteiger partial charge in [0.25, 0.3) is 5.91 Å². The number of carbonyl (C=O) groups excluding carboxylic acids is 1. The first-order valence-corrected chi connectivity index (χ1v) is 3.30. The number of H-pyrrole nitrogens is 1. The molecular formula is C5H4N6O2. The second kappa shape index (κ2) is 3.01. The van der Waals surface area contributed by atoms with Crippen molar-refractivity contribution in [1.29, 1.82) is 0 Å². The second-order valence-electron chi connectivity index (χ2n) is 2.08. The highest BCUT2D eigenvalue weighted by Crippen LogP contribution is 1.97. The van der Waals surface area contributed by atoms with E-state index in [2.05, 4.69) is 35.4 Å². The van der Waals surface area contributed by atoms with E-state index >= 15 is 0 Å². The van der Waals surface area contributed by atoms with Gasteiger partial charge in [-0.3, -0.25) is 10.1 Å². The Morgan fingerprint density at radius 3 is 3.15 bits per heavy atom. The van der Waals surface area contributed by atoms with E-state index in [0.717, 1.165) is 0 Å². The number of nitrogens with zero attached hydrogens (tertiary/aromatic N) is 4.